The van der Waals surface area contributed by atoms with E-state index in [1.165, 1.54) is 35.0 Å². The number of hydrogen-bond acceptors (Lipinski definition) is 2. The van der Waals surface area contributed by atoms with Gasteiger partial charge in [0.1, 0.15) is 5.82 Å². The van der Waals surface area contributed by atoms with Crippen LogP contribution in [0.3, 0.4) is 0 Å². The first-order valence-corrected chi connectivity index (χ1v) is 8.33. The highest BCUT2D eigenvalue weighted by Gasteiger charge is 2.11. The topological polar surface area (TPSA) is 51.1 Å². The number of rotatable bonds is 4. The Bertz CT molecular complexity index is 1030. The minimum atomic E-state index is -0.374. The van der Waals surface area contributed by atoms with Crippen molar-refractivity contribution >= 4 is 23.2 Å². The molecule has 0 aliphatic rings. The van der Waals surface area contributed by atoms with Gasteiger partial charge >= 0.3 is 0 Å². The first kappa shape index (κ1) is 17.9. The second kappa shape index (κ2) is 7.54. The van der Waals surface area contributed by atoms with Crippen molar-refractivity contribution in [3.8, 4) is 0 Å². The van der Waals surface area contributed by atoms with Crippen LogP contribution in [0.2, 0.25) is 5.02 Å². The Morgan fingerprint density at radius 2 is 1.92 bits per heavy atom. The molecule has 0 spiro atoms. The molecule has 0 fully saturated rings. The van der Waals surface area contributed by atoms with E-state index >= 15 is 0 Å². The van der Waals surface area contributed by atoms with Crippen LogP contribution in [-0.2, 0) is 6.54 Å². The molecule has 132 valence electrons. The quantitative estimate of drug-likeness (QED) is 0.746. The van der Waals surface area contributed by atoms with Gasteiger partial charge in [-0.15, -0.1) is 0 Å². The summed E-state index contributed by atoms with van der Waals surface area (Å²) < 4.78 is 14.7. The number of anilines is 1. The van der Waals surface area contributed by atoms with E-state index in [9.17, 15) is 14.0 Å². The van der Waals surface area contributed by atoms with E-state index in [1.807, 2.05) is 6.92 Å². The zero-order valence-electron chi connectivity index (χ0n) is 14.0. The van der Waals surface area contributed by atoms with E-state index in [1.54, 1.807) is 30.3 Å². The molecule has 0 aliphatic carbocycles. The van der Waals surface area contributed by atoms with Crippen LogP contribution in [0.5, 0.6) is 0 Å². The predicted molar refractivity (Wildman–Crippen MR) is 100 cm³/mol. The molecule has 3 rings (SSSR count). The number of carbonyl (C=O) groups is 1. The number of nitrogens with one attached hydrogen (secondary N) is 1. The average molecular weight is 371 g/mol. The van der Waals surface area contributed by atoms with Crippen molar-refractivity contribution in [3.63, 3.8) is 0 Å². The Labute approximate surface area is 154 Å². The van der Waals surface area contributed by atoms with Crippen molar-refractivity contribution in [1.82, 2.24) is 4.57 Å². The molecule has 0 aliphatic heterocycles. The van der Waals surface area contributed by atoms with Crippen LogP contribution in [-0.4, -0.2) is 10.5 Å². The molecule has 0 saturated heterocycles. The summed E-state index contributed by atoms with van der Waals surface area (Å²) >= 11 is 6.06. The summed E-state index contributed by atoms with van der Waals surface area (Å²) in [6.45, 7) is 1.98. The molecule has 1 amide bonds. The highest BCUT2D eigenvalue weighted by molar-refractivity contribution is 6.31. The van der Waals surface area contributed by atoms with Gasteiger partial charge < -0.3 is 9.88 Å². The van der Waals surface area contributed by atoms with E-state index in [2.05, 4.69) is 5.32 Å². The minimum absolute atomic E-state index is 0.175. The molecule has 0 bridgehead atoms. The molecule has 0 saturated carbocycles. The lowest BCUT2D eigenvalue weighted by Crippen LogP contribution is -2.22. The Kier molecular flexibility index (Phi) is 5.19. The molecule has 1 aromatic heterocycles. The van der Waals surface area contributed by atoms with E-state index in [4.69, 9.17) is 11.6 Å². The van der Waals surface area contributed by atoms with Crippen LogP contribution < -0.4 is 10.9 Å². The minimum Gasteiger partial charge on any atom is -0.322 e. The van der Waals surface area contributed by atoms with Crippen LogP contribution in [0.1, 0.15) is 21.5 Å². The van der Waals surface area contributed by atoms with Gasteiger partial charge in [-0.25, -0.2) is 4.39 Å². The van der Waals surface area contributed by atoms with Gasteiger partial charge in [-0.1, -0.05) is 29.8 Å². The number of halogens is 2. The van der Waals surface area contributed by atoms with Crippen molar-refractivity contribution < 1.29 is 9.18 Å². The van der Waals surface area contributed by atoms with Gasteiger partial charge in [0.2, 0.25) is 0 Å². The molecule has 4 nitrogen and oxygen atoms in total. The highest BCUT2D eigenvalue weighted by Crippen LogP contribution is 2.23. The molecule has 1 N–H and O–H groups in total. The zero-order valence-corrected chi connectivity index (χ0v) is 14.8. The second-order valence-corrected chi connectivity index (χ2v) is 6.29. The lowest BCUT2D eigenvalue weighted by molar-refractivity contribution is 0.102. The maximum atomic E-state index is 13.3. The van der Waals surface area contributed by atoms with Crippen LogP contribution in [0.25, 0.3) is 0 Å². The SMILES string of the molecule is Cc1c(Cl)cccc1NC(=O)c1ccc(=O)n(Cc2cccc(F)c2)c1. The van der Waals surface area contributed by atoms with Crippen LogP contribution in [0, 0.1) is 12.7 Å². The lowest BCUT2D eigenvalue weighted by atomic mass is 10.1. The van der Waals surface area contributed by atoms with Crippen LogP contribution >= 0.6 is 11.6 Å². The maximum absolute atomic E-state index is 13.3. The second-order valence-electron chi connectivity index (χ2n) is 5.88. The van der Waals surface area contributed by atoms with Crippen molar-refractivity contribution in [1.29, 1.82) is 0 Å². The monoisotopic (exact) mass is 370 g/mol. The third kappa shape index (κ3) is 4.00. The van der Waals surface area contributed by atoms with Crippen molar-refractivity contribution in [2.75, 3.05) is 5.32 Å². The zero-order chi connectivity index (χ0) is 18.7. The number of carbonyl (C=O) groups excluding carboxylic acids is 1. The molecule has 6 heteroatoms. The third-order valence-corrected chi connectivity index (χ3v) is 4.41. The molecular weight excluding hydrogens is 355 g/mol. The summed E-state index contributed by atoms with van der Waals surface area (Å²) in [6.07, 6.45) is 1.46. The summed E-state index contributed by atoms with van der Waals surface area (Å²) in [6, 6.07) is 14.0. The summed E-state index contributed by atoms with van der Waals surface area (Å²) in [5, 5.41) is 3.34. The molecule has 3 aromatic rings. The number of nitrogens with zero attached hydrogens (tertiary/aromatic N) is 1. The number of pyridine rings is 1. The van der Waals surface area contributed by atoms with E-state index in [0.717, 1.165) is 5.56 Å². The summed E-state index contributed by atoms with van der Waals surface area (Å²) in [7, 11) is 0. The molecule has 0 unspecified atom stereocenters. The fraction of sp³-hybridized carbons (Fsp3) is 0.100. The predicted octanol–water partition coefficient (Wildman–Crippen LogP) is 4.25. The number of aromatic nitrogens is 1. The maximum Gasteiger partial charge on any atom is 0.257 e. The normalized spacial score (nSPS) is 10.6. The molecule has 0 radical (unpaired) electrons. The lowest BCUT2D eigenvalue weighted by Gasteiger charge is -2.11. The molecule has 0 atom stereocenters. The first-order chi connectivity index (χ1) is 12.4. The summed E-state index contributed by atoms with van der Waals surface area (Å²) in [5.74, 6) is -0.732. The van der Waals surface area contributed by atoms with Crippen molar-refractivity contribution in [3.05, 3.63) is 98.7 Å². The Morgan fingerprint density at radius 3 is 2.69 bits per heavy atom. The Morgan fingerprint density at radius 1 is 1.15 bits per heavy atom. The fourth-order valence-corrected chi connectivity index (χ4v) is 2.73. The van der Waals surface area contributed by atoms with Gasteiger partial charge in [0, 0.05) is 23.0 Å². The van der Waals surface area contributed by atoms with Gasteiger partial charge in [0.25, 0.3) is 11.5 Å². The average Bonchev–Trinajstić information content (AvgIpc) is 2.61. The van der Waals surface area contributed by atoms with E-state index < -0.39 is 0 Å². The molecule has 1 heterocycles. The number of amides is 1. The molecule has 26 heavy (non-hydrogen) atoms. The van der Waals surface area contributed by atoms with Crippen molar-refractivity contribution in [2.45, 2.75) is 13.5 Å². The molecule has 2 aromatic carbocycles. The van der Waals surface area contributed by atoms with Crippen molar-refractivity contribution in [2.24, 2.45) is 0 Å². The van der Waals surface area contributed by atoms with Gasteiger partial charge in [-0.2, -0.15) is 0 Å². The van der Waals surface area contributed by atoms with Gasteiger partial charge in [-0.3, -0.25) is 9.59 Å². The Balaban J connectivity index is 1.85. The number of hydrogen-bond donors (Lipinski definition) is 1. The number of benzene rings is 2. The van der Waals surface area contributed by atoms with E-state index in [0.29, 0.717) is 21.8 Å². The smallest absolute Gasteiger partial charge is 0.257 e. The third-order valence-electron chi connectivity index (χ3n) is 4.00. The fourth-order valence-electron chi connectivity index (χ4n) is 2.56. The molecular formula is C20H16ClFN2O2. The summed E-state index contributed by atoms with van der Waals surface area (Å²) in [5.41, 5.74) is 2.04. The van der Waals surface area contributed by atoms with E-state index in [-0.39, 0.29) is 23.8 Å². The summed E-state index contributed by atoms with van der Waals surface area (Å²) in [4.78, 5) is 24.6. The van der Waals surface area contributed by atoms with Gasteiger partial charge in [-0.05, 0) is 48.4 Å². The van der Waals surface area contributed by atoms with Gasteiger partial charge in [0.05, 0.1) is 12.1 Å². The highest BCUT2D eigenvalue weighted by atomic mass is 35.5. The standard InChI is InChI=1S/C20H16ClFN2O2/c1-13-17(21)6-3-7-18(13)23-20(26)15-8-9-19(25)24(12-15)11-14-4-2-5-16(22)10-14/h2-10,12H,11H2,1H3,(H,23,26). The van der Waals surface area contributed by atoms with Crippen LogP contribution in [0.4, 0.5) is 10.1 Å². The Hall–Kier alpha value is -2.92. The van der Waals surface area contributed by atoms with Gasteiger partial charge in [0.15, 0.2) is 0 Å². The largest absolute Gasteiger partial charge is 0.322 e. The first-order valence-electron chi connectivity index (χ1n) is 7.95. The van der Waals surface area contributed by atoms with Crippen LogP contribution in [0.15, 0.2) is 65.6 Å².